The Labute approximate surface area is 188 Å². The van der Waals surface area contributed by atoms with Gasteiger partial charge in [-0.15, -0.1) is 0 Å². The van der Waals surface area contributed by atoms with Gasteiger partial charge in [-0.2, -0.15) is 0 Å². The third kappa shape index (κ3) is 4.73. The summed E-state index contributed by atoms with van der Waals surface area (Å²) in [5, 5.41) is 8.97. The maximum Gasteiger partial charge on any atom is 0.293 e. The molecule has 0 bridgehead atoms. The summed E-state index contributed by atoms with van der Waals surface area (Å²) in [6.45, 7) is 0. The van der Waals surface area contributed by atoms with Crippen LogP contribution in [-0.2, 0) is 0 Å². The van der Waals surface area contributed by atoms with Crippen LogP contribution < -0.4 is 16.0 Å². The van der Waals surface area contributed by atoms with E-state index in [9.17, 15) is 9.59 Å². The number of carbonyl (C=O) groups is 2. The normalized spacial score (nSPS) is 10.6. The van der Waals surface area contributed by atoms with Crippen molar-refractivity contribution in [2.24, 2.45) is 0 Å². The molecule has 0 atom stereocenters. The first-order valence-electron chi connectivity index (χ1n) is 8.61. The maximum absolute atomic E-state index is 12.3. The van der Waals surface area contributed by atoms with Gasteiger partial charge in [-0.1, -0.05) is 27.3 Å². The molecule has 0 saturated carbocycles. The number of thiocarbonyl (C=S) groups is 1. The van der Waals surface area contributed by atoms with Crippen molar-refractivity contribution < 1.29 is 14.0 Å². The number of fused-ring (bicyclic) bond motifs is 1. The Morgan fingerprint density at radius 2 is 1.83 bits per heavy atom. The SMILES string of the molecule is O=C(NC(=S)Nc1ccc2nc(NC(=O)c3ccco3)sc2c1)c1ccc(Br)cc1. The van der Waals surface area contributed by atoms with Crippen LogP contribution in [-0.4, -0.2) is 21.9 Å². The molecule has 0 aliphatic carbocycles. The molecule has 0 aliphatic heterocycles. The van der Waals surface area contributed by atoms with E-state index >= 15 is 0 Å². The van der Waals surface area contributed by atoms with Crippen molar-refractivity contribution in [1.29, 1.82) is 0 Å². The molecule has 0 unspecified atom stereocenters. The highest BCUT2D eigenvalue weighted by Crippen LogP contribution is 2.28. The molecule has 4 rings (SSSR count). The summed E-state index contributed by atoms with van der Waals surface area (Å²) in [6.07, 6.45) is 1.43. The van der Waals surface area contributed by atoms with Gasteiger partial charge in [-0.3, -0.25) is 20.2 Å². The molecular formula is C20H13BrN4O3S2. The number of rotatable bonds is 4. The number of hydrogen-bond acceptors (Lipinski definition) is 6. The number of aromatic nitrogens is 1. The highest BCUT2D eigenvalue weighted by molar-refractivity contribution is 9.10. The quantitative estimate of drug-likeness (QED) is 0.340. The van der Waals surface area contributed by atoms with Gasteiger partial charge in [0.15, 0.2) is 16.0 Å². The number of amides is 2. The number of nitrogens with one attached hydrogen (secondary N) is 3. The van der Waals surface area contributed by atoms with Gasteiger partial charge >= 0.3 is 0 Å². The Morgan fingerprint density at radius 1 is 1.03 bits per heavy atom. The smallest absolute Gasteiger partial charge is 0.293 e. The van der Waals surface area contributed by atoms with Crippen molar-refractivity contribution in [3.8, 4) is 0 Å². The van der Waals surface area contributed by atoms with E-state index in [4.69, 9.17) is 16.6 Å². The van der Waals surface area contributed by atoms with E-state index < -0.39 is 0 Å². The molecule has 0 saturated heterocycles. The number of halogens is 1. The second-order valence-electron chi connectivity index (χ2n) is 6.05. The highest BCUT2D eigenvalue weighted by atomic mass is 79.9. The van der Waals surface area contributed by atoms with E-state index in [0.717, 1.165) is 14.7 Å². The van der Waals surface area contributed by atoms with Gasteiger partial charge in [0.25, 0.3) is 11.8 Å². The summed E-state index contributed by atoms with van der Waals surface area (Å²) in [7, 11) is 0. The van der Waals surface area contributed by atoms with E-state index in [1.807, 2.05) is 6.07 Å². The van der Waals surface area contributed by atoms with Gasteiger partial charge in [0.05, 0.1) is 16.5 Å². The number of anilines is 2. The minimum atomic E-state index is -0.366. The predicted octanol–water partition coefficient (Wildman–Crippen LogP) is 5.03. The molecule has 4 aromatic rings. The molecular weight excluding hydrogens is 488 g/mol. The predicted molar refractivity (Wildman–Crippen MR) is 124 cm³/mol. The van der Waals surface area contributed by atoms with E-state index in [0.29, 0.717) is 16.4 Å². The lowest BCUT2D eigenvalue weighted by molar-refractivity contribution is 0.0975. The van der Waals surface area contributed by atoms with Crippen LogP contribution in [0, 0.1) is 0 Å². The van der Waals surface area contributed by atoms with Gasteiger partial charge in [0.1, 0.15) is 0 Å². The zero-order valence-electron chi connectivity index (χ0n) is 15.1. The Bertz CT molecular complexity index is 1240. The monoisotopic (exact) mass is 500 g/mol. The molecule has 0 aliphatic rings. The topological polar surface area (TPSA) is 96.3 Å². The summed E-state index contributed by atoms with van der Waals surface area (Å²) >= 11 is 9.89. The lowest BCUT2D eigenvalue weighted by Crippen LogP contribution is -2.34. The van der Waals surface area contributed by atoms with Gasteiger partial charge in [-0.25, -0.2) is 4.98 Å². The summed E-state index contributed by atoms with van der Waals surface area (Å²) in [4.78, 5) is 28.7. The fraction of sp³-hybridized carbons (Fsp3) is 0. The number of nitrogens with zero attached hydrogens (tertiary/aromatic N) is 1. The van der Waals surface area contributed by atoms with Crippen LogP contribution in [0.3, 0.4) is 0 Å². The maximum atomic E-state index is 12.3. The van der Waals surface area contributed by atoms with E-state index in [1.54, 1.807) is 48.5 Å². The molecule has 30 heavy (non-hydrogen) atoms. The van der Waals surface area contributed by atoms with Gasteiger partial charge in [0.2, 0.25) is 0 Å². The molecule has 0 radical (unpaired) electrons. The number of carbonyl (C=O) groups excluding carboxylic acids is 2. The molecule has 10 heteroatoms. The molecule has 0 fully saturated rings. The van der Waals surface area contributed by atoms with E-state index in [2.05, 4.69) is 36.9 Å². The second-order valence-corrected chi connectivity index (χ2v) is 8.40. The summed E-state index contributed by atoms with van der Waals surface area (Å²) in [6, 6.07) is 15.6. The number of hydrogen-bond donors (Lipinski definition) is 3. The highest BCUT2D eigenvalue weighted by Gasteiger charge is 2.13. The number of thiazole rings is 1. The van der Waals surface area contributed by atoms with E-state index in [-0.39, 0.29) is 22.7 Å². The van der Waals surface area contributed by atoms with Crippen LogP contribution in [0.25, 0.3) is 10.2 Å². The average Bonchev–Trinajstić information content (AvgIpc) is 3.37. The first-order valence-corrected chi connectivity index (χ1v) is 10.6. The van der Waals surface area contributed by atoms with Crippen molar-refractivity contribution in [3.05, 3.63) is 76.7 Å². The van der Waals surface area contributed by atoms with Gasteiger partial charge < -0.3 is 9.73 Å². The summed E-state index contributed by atoms with van der Waals surface area (Å²) in [5.41, 5.74) is 1.92. The Balaban J connectivity index is 1.41. The van der Waals surface area contributed by atoms with Crippen LogP contribution in [0.15, 0.2) is 69.8 Å². The molecule has 150 valence electrons. The molecule has 2 aromatic heterocycles. The third-order valence-electron chi connectivity index (χ3n) is 3.95. The molecule has 2 aromatic carbocycles. The molecule has 2 amide bonds. The van der Waals surface area contributed by atoms with Gasteiger partial charge in [0, 0.05) is 15.7 Å². The first-order chi connectivity index (χ1) is 14.5. The van der Waals surface area contributed by atoms with Crippen molar-refractivity contribution >= 4 is 77.4 Å². The Hall–Kier alpha value is -3.08. The minimum absolute atomic E-state index is 0.179. The summed E-state index contributed by atoms with van der Waals surface area (Å²) < 4.78 is 6.81. The van der Waals surface area contributed by atoms with E-state index in [1.165, 1.54) is 17.6 Å². The van der Waals surface area contributed by atoms with Crippen LogP contribution in [0.5, 0.6) is 0 Å². The lowest BCUT2D eigenvalue weighted by Gasteiger charge is -2.09. The van der Waals surface area contributed by atoms with Crippen LogP contribution in [0.2, 0.25) is 0 Å². The van der Waals surface area contributed by atoms with Crippen molar-refractivity contribution in [1.82, 2.24) is 10.3 Å². The van der Waals surface area contributed by atoms with Crippen molar-refractivity contribution in [3.63, 3.8) is 0 Å². The lowest BCUT2D eigenvalue weighted by atomic mass is 10.2. The fourth-order valence-electron chi connectivity index (χ4n) is 2.56. The fourth-order valence-corrected chi connectivity index (χ4v) is 3.94. The Morgan fingerprint density at radius 3 is 2.57 bits per heavy atom. The molecule has 0 spiro atoms. The molecule has 7 nitrogen and oxygen atoms in total. The van der Waals surface area contributed by atoms with Crippen molar-refractivity contribution in [2.75, 3.05) is 10.6 Å². The zero-order chi connectivity index (χ0) is 21.1. The first kappa shape index (κ1) is 20.2. The zero-order valence-corrected chi connectivity index (χ0v) is 18.4. The minimum Gasteiger partial charge on any atom is -0.459 e. The average molecular weight is 501 g/mol. The standard InChI is InChI=1S/C20H13BrN4O3S2/c21-12-5-3-11(4-6-12)17(26)24-19(29)22-13-7-8-14-16(10-13)30-20(23-14)25-18(27)15-2-1-9-28-15/h1-10H,(H,23,25,27)(H2,22,24,26,29). The van der Waals surface area contributed by atoms with Gasteiger partial charge in [-0.05, 0) is 66.8 Å². The van der Waals surface area contributed by atoms with Crippen LogP contribution >= 0.6 is 39.5 Å². The van der Waals surface area contributed by atoms with Crippen LogP contribution in [0.1, 0.15) is 20.9 Å². The van der Waals surface area contributed by atoms with Crippen LogP contribution in [0.4, 0.5) is 10.8 Å². The number of benzene rings is 2. The van der Waals surface area contributed by atoms with Crippen molar-refractivity contribution in [2.45, 2.75) is 0 Å². The molecule has 2 heterocycles. The largest absolute Gasteiger partial charge is 0.459 e. The third-order valence-corrected chi connectivity index (χ3v) is 5.61. The Kier molecular flexibility index (Phi) is 5.88. The summed E-state index contributed by atoms with van der Waals surface area (Å²) in [5.74, 6) is -0.459. The molecule has 3 N–H and O–H groups in total. The number of furan rings is 1. The second kappa shape index (κ2) is 8.74.